The second-order valence-electron chi connectivity index (χ2n) is 12.3. The number of nitrogens with one attached hydrogen (secondary N) is 3. The van der Waals surface area contributed by atoms with Gasteiger partial charge in [0, 0.05) is 37.2 Å². The standard InChI is InChI=1S/C38H46N4O7/c1-8-22(2)35(38(45)39-17-19-42-18-16-26-30(42)10-9-11-32(26)46-4)41-29-15-13-25-27(21-31(29)44)28(40-23(3)43)14-12-24-20-33(47-5)36(48-6)37(49-7)34(24)25/h9-11,13,15-16,18,20-22,28,35H,8,12,14,17,19H2,1-7H3,(H,39,45)(H,40,43)(H,41,44)/t22-,28+,35+/m1/s1. The molecule has 11 heteroatoms. The number of amides is 2. The first kappa shape index (κ1) is 35.1. The Labute approximate surface area is 286 Å². The first-order valence-corrected chi connectivity index (χ1v) is 16.6. The first-order valence-electron chi connectivity index (χ1n) is 16.6. The number of hydrogen-bond donors (Lipinski definition) is 3. The number of carbonyl (C=O) groups excluding carboxylic acids is 2. The number of aromatic nitrogens is 1. The van der Waals surface area contributed by atoms with Crippen molar-refractivity contribution in [3.8, 4) is 34.1 Å². The molecule has 0 spiro atoms. The van der Waals surface area contributed by atoms with E-state index >= 15 is 0 Å². The molecule has 0 saturated heterocycles. The minimum absolute atomic E-state index is 0.0796. The number of hydrogen-bond acceptors (Lipinski definition) is 8. The number of methoxy groups -OCH3 is 4. The molecule has 0 bridgehead atoms. The molecule has 1 aromatic heterocycles. The zero-order valence-corrected chi connectivity index (χ0v) is 29.3. The van der Waals surface area contributed by atoms with Gasteiger partial charge in [-0.25, -0.2) is 0 Å². The van der Waals surface area contributed by atoms with E-state index in [0.717, 1.165) is 27.8 Å². The van der Waals surface area contributed by atoms with Crippen molar-refractivity contribution < 1.29 is 28.5 Å². The van der Waals surface area contributed by atoms with Crippen LogP contribution in [0.2, 0.25) is 0 Å². The van der Waals surface area contributed by atoms with Gasteiger partial charge in [0.25, 0.3) is 0 Å². The molecule has 1 aliphatic rings. The van der Waals surface area contributed by atoms with Gasteiger partial charge in [0.1, 0.15) is 11.8 Å². The van der Waals surface area contributed by atoms with Crippen molar-refractivity contribution in [1.82, 2.24) is 15.2 Å². The van der Waals surface area contributed by atoms with E-state index in [-0.39, 0.29) is 28.8 Å². The van der Waals surface area contributed by atoms with Gasteiger partial charge in [-0.1, -0.05) is 32.4 Å². The normalized spacial score (nSPS) is 14.8. The summed E-state index contributed by atoms with van der Waals surface area (Å²) in [5, 5.41) is 10.4. The van der Waals surface area contributed by atoms with Crippen LogP contribution in [0, 0.1) is 5.92 Å². The monoisotopic (exact) mass is 670 g/mol. The SMILES string of the molecule is CC[C@@H](C)[C@H](Nc1ccc2c(cc1=O)[C@@H](NC(C)=O)CCc1cc(OC)c(OC)c(OC)c1-2)C(=O)NCCn1ccc2c(OC)cccc21. The fourth-order valence-corrected chi connectivity index (χ4v) is 6.67. The van der Waals surface area contributed by atoms with Crippen molar-refractivity contribution in [2.45, 2.75) is 58.7 Å². The number of ether oxygens (including phenoxy) is 4. The molecule has 260 valence electrons. The first-order chi connectivity index (χ1) is 23.6. The Morgan fingerprint density at radius 3 is 2.39 bits per heavy atom. The van der Waals surface area contributed by atoms with Gasteiger partial charge in [-0.05, 0) is 71.8 Å². The molecule has 49 heavy (non-hydrogen) atoms. The van der Waals surface area contributed by atoms with Gasteiger partial charge in [0.15, 0.2) is 11.5 Å². The van der Waals surface area contributed by atoms with Crippen LogP contribution in [0.5, 0.6) is 23.0 Å². The van der Waals surface area contributed by atoms with E-state index in [1.807, 2.05) is 56.4 Å². The molecule has 0 aliphatic heterocycles. The second kappa shape index (κ2) is 15.4. The lowest BCUT2D eigenvalue weighted by Crippen LogP contribution is -2.45. The van der Waals surface area contributed by atoms with Gasteiger partial charge < -0.3 is 39.5 Å². The fraction of sp³-hybridized carbons (Fsp3) is 0.395. The molecule has 3 atom stereocenters. The van der Waals surface area contributed by atoms with Crippen molar-refractivity contribution in [2.24, 2.45) is 5.92 Å². The Kier molecular flexibility index (Phi) is 11.0. The van der Waals surface area contributed by atoms with Crippen LogP contribution in [0.1, 0.15) is 50.8 Å². The largest absolute Gasteiger partial charge is 0.496 e. The van der Waals surface area contributed by atoms with Crippen LogP contribution < -0.4 is 40.3 Å². The molecular formula is C38H46N4O7. The maximum Gasteiger partial charge on any atom is 0.242 e. The third-order valence-electron chi connectivity index (χ3n) is 9.37. The predicted octanol–water partition coefficient (Wildman–Crippen LogP) is 5.47. The fourth-order valence-electron chi connectivity index (χ4n) is 6.67. The van der Waals surface area contributed by atoms with E-state index in [2.05, 4.69) is 20.5 Å². The lowest BCUT2D eigenvalue weighted by Gasteiger charge is -2.24. The Morgan fingerprint density at radius 1 is 0.959 bits per heavy atom. The molecule has 0 unspecified atom stereocenters. The van der Waals surface area contributed by atoms with Gasteiger partial charge in [-0.3, -0.25) is 14.4 Å². The molecule has 0 saturated carbocycles. The van der Waals surface area contributed by atoms with Crippen molar-refractivity contribution in [3.05, 3.63) is 76.1 Å². The lowest BCUT2D eigenvalue weighted by molar-refractivity contribution is -0.123. The molecule has 3 aromatic carbocycles. The number of benzene rings is 2. The Morgan fingerprint density at radius 2 is 1.71 bits per heavy atom. The number of rotatable bonds is 13. The lowest BCUT2D eigenvalue weighted by atomic mass is 9.95. The minimum Gasteiger partial charge on any atom is -0.496 e. The summed E-state index contributed by atoms with van der Waals surface area (Å²) in [6, 6.07) is 13.8. The van der Waals surface area contributed by atoms with Gasteiger partial charge in [-0.2, -0.15) is 0 Å². The van der Waals surface area contributed by atoms with E-state index in [4.69, 9.17) is 18.9 Å². The average Bonchev–Trinajstić information content (AvgIpc) is 3.38. The molecule has 0 fully saturated rings. The van der Waals surface area contributed by atoms with Crippen LogP contribution in [0.4, 0.5) is 5.69 Å². The van der Waals surface area contributed by atoms with Crippen LogP contribution in [0.3, 0.4) is 0 Å². The molecule has 11 nitrogen and oxygen atoms in total. The summed E-state index contributed by atoms with van der Waals surface area (Å²) in [7, 11) is 6.33. The molecule has 4 aromatic rings. The molecule has 5 rings (SSSR count). The summed E-state index contributed by atoms with van der Waals surface area (Å²) < 4.78 is 24.8. The maximum absolute atomic E-state index is 13.9. The van der Waals surface area contributed by atoms with Gasteiger partial charge in [-0.15, -0.1) is 0 Å². The highest BCUT2D eigenvalue weighted by molar-refractivity contribution is 5.87. The number of fused-ring (bicyclic) bond motifs is 4. The van der Waals surface area contributed by atoms with Crippen molar-refractivity contribution in [2.75, 3.05) is 40.3 Å². The van der Waals surface area contributed by atoms with Crippen molar-refractivity contribution in [1.29, 1.82) is 0 Å². The zero-order valence-electron chi connectivity index (χ0n) is 29.3. The highest BCUT2D eigenvalue weighted by atomic mass is 16.5. The molecule has 2 amide bonds. The van der Waals surface area contributed by atoms with Gasteiger partial charge in [0.2, 0.25) is 23.0 Å². The zero-order chi connectivity index (χ0) is 35.2. The highest BCUT2D eigenvalue weighted by Crippen LogP contribution is 2.50. The molecule has 1 aliphatic carbocycles. The molecular weight excluding hydrogens is 624 g/mol. The average molecular weight is 671 g/mol. The molecule has 1 heterocycles. The van der Waals surface area contributed by atoms with Crippen molar-refractivity contribution >= 4 is 28.4 Å². The maximum atomic E-state index is 13.9. The third kappa shape index (κ3) is 7.16. The van der Waals surface area contributed by atoms with Crippen LogP contribution >= 0.6 is 0 Å². The molecule has 0 radical (unpaired) electrons. The summed E-state index contributed by atoms with van der Waals surface area (Å²) in [6.45, 7) is 6.42. The Hall–Kier alpha value is -5.19. The van der Waals surface area contributed by atoms with E-state index in [0.29, 0.717) is 60.7 Å². The number of anilines is 1. The van der Waals surface area contributed by atoms with Crippen molar-refractivity contribution in [3.63, 3.8) is 0 Å². The Balaban J connectivity index is 1.48. The minimum atomic E-state index is -0.668. The van der Waals surface area contributed by atoms with Crippen LogP contribution in [0.15, 0.2) is 59.5 Å². The van der Waals surface area contributed by atoms with Crippen LogP contribution in [0.25, 0.3) is 22.0 Å². The smallest absolute Gasteiger partial charge is 0.242 e. The van der Waals surface area contributed by atoms with Gasteiger partial charge in [0.05, 0.1) is 45.7 Å². The van der Waals surface area contributed by atoms with Crippen LogP contribution in [-0.2, 0) is 22.6 Å². The summed E-state index contributed by atoms with van der Waals surface area (Å²) in [6.07, 6.45) is 3.84. The topological polar surface area (TPSA) is 129 Å². The predicted molar refractivity (Wildman–Crippen MR) is 191 cm³/mol. The Bertz CT molecular complexity index is 1900. The van der Waals surface area contributed by atoms with E-state index in [9.17, 15) is 14.4 Å². The third-order valence-corrected chi connectivity index (χ3v) is 9.37. The van der Waals surface area contributed by atoms with E-state index in [1.165, 1.54) is 6.92 Å². The number of aryl methyl sites for hydroxylation is 1. The van der Waals surface area contributed by atoms with Crippen LogP contribution in [-0.4, -0.2) is 57.4 Å². The summed E-state index contributed by atoms with van der Waals surface area (Å²) in [5.74, 6) is 1.74. The number of carbonyl (C=O) groups is 2. The van der Waals surface area contributed by atoms with E-state index < -0.39 is 12.1 Å². The quantitative estimate of drug-likeness (QED) is 0.171. The highest BCUT2D eigenvalue weighted by Gasteiger charge is 2.30. The second-order valence-corrected chi connectivity index (χ2v) is 12.3. The van der Waals surface area contributed by atoms with Gasteiger partial charge >= 0.3 is 0 Å². The molecule has 3 N–H and O–H groups in total. The van der Waals surface area contributed by atoms with E-state index in [1.54, 1.807) is 40.6 Å². The summed E-state index contributed by atoms with van der Waals surface area (Å²) >= 11 is 0. The summed E-state index contributed by atoms with van der Waals surface area (Å²) in [5.41, 5.74) is 4.06. The summed E-state index contributed by atoms with van der Waals surface area (Å²) in [4.78, 5) is 40.0. The number of nitrogens with zero attached hydrogens (tertiary/aromatic N) is 1.